The standard InChI is InChI=1S/C24H25N5O2S2/c1-15(2)17-9-11-19(12-10-17)31-13-20-25-24(29-28-20)32-14-21(30)26-23-27-22(16(3)33-23)18-7-5-4-6-8-18/h4-12,15H,13-14H2,1-3H3,(H,25,28,29)(H,26,27,30). The van der Waals surface area contributed by atoms with Gasteiger partial charge in [0, 0.05) is 10.4 Å². The van der Waals surface area contributed by atoms with Crippen molar-refractivity contribution in [3.8, 4) is 17.0 Å². The van der Waals surface area contributed by atoms with Crippen molar-refractivity contribution in [1.82, 2.24) is 20.2 Å². The number of aromatic amines is 1. The summed E-state index contributed by atoms with van der Waals surface area (Å²) in [6.07, 6.45) is 0. The van der Waals surface area contributed by atoms with Crippen molar-refractivity contribution in [2.75, 3.05) is 11.1 Å². The Morgan fingerprint density at radius 1 is 1.12 bits per heavy atom. The molecule has 7 nitrogen and oxygen atoms in total. The van der Waals surface area contributed by atoms with E-state index in [0.717, 1.165) is 21.9 Å². The van der Waals surface area contributed by atoms with E-state index in [1.54, 1.807) is 0 Å². The van der Waals surface area contributed by atoms with E-state index in [2.05, 4.69) is 51.5 Å². The number of carbonyl (C=O) groups is 1. The Balaban J connectivity index is 1.26. The summed E-state index contributed by atoms with van der Waals surface area (Å²) in [7, 11) is 0. The Morgan fingerprint density at radius 3 is 2.61 bits per heavy atom. The number of thiazole rings is 1. The second kappa shape index (κ2) is 10.6. The number of thioether (sulfide) groups is 1. The second-order valence-electron chi connectivity index (χ2n) is 7.70. The summed E-state index contributed by atoms with van der Waals surface area (Å²) in [4.78, 5) is 22.4. The third-order valence-corrected chi connectivity index (χ3v) is 6.59. The van der Waals surface area contributed by atoms with Crippen LogP contribution in [0.2, 0.25) is 0 Å². The molecular formula is C24H25N5O2S2. The molecule has 0 unspecified atom stereocenters. The maximum absolute atomic E-state index is 12.4. The van der Waals surface area contributed by atoms with Gasteiger partial charge in [0.05, 0.1) is 11.4 Å². The Bertz CT molecular complexity index is 1200. The summed E-state index contributed by atoms with van der Waals surface area (Å²) in [6, 6.07) is 18.0. The molecule has 33 heavy (non-hydrogen) atoms. The lowest BCUT2D eigenvalue weighted by Crippen LogP contribution is -2.13. The van der Waals surface area contributed by atoms with Crippen LogP contribution < -0.4 is 10.1 Å². The van der Waals surface area contributed by atoms with Crippen LogP contribution in [0.25, 0.3) is 11.3 Å². The molecule has 0 aliphatic carbocycles. The van der Waals surface area contributed by atoms with Crippen molar-refractivity contribution in [2.45, 2.75) is 38.5 Å². The van der Waals surface area contributed by atoms with E-state index in [1.165, 1.54) is 28.7 Å². The number of nitrogens with one attached hydrogen (secondary N) is 2. The molecule has 0 aliphatic rings. The molecule has 9 heteroatoms. The summed E-state index contributed by atoms with van der Waals surface area (Å²) in [5, 5.41) is 11.0. The molecule has 2 aromatic heterocycles. The highest BCUT2D eigenvalue weighted by molar-refractivity contribution is 7.99. The van der Waals surface area contributed by atoms with E-state index in [9.17, 15) is 4.79 Å². The van der Waals surface area contributed by atoms with Gasteiger partial charge in [0.1, 0.15) is 12.4 Å². The highest BCUT2D eigenvalue weighted by Crippen LogP contribution is 2.30. The molecule has 0 fully saturated rings. The fourth-order valence-corrected chi connectivity index (χ4v) is 4.58. The van der Waals surface area contributed by atoms with Crippen molar-refractivity contribution in [3.05, 3.63) is 70.9 Å². The van der Waals surface area contributed by atoms with E-state index in [0.29, 0.717) is 22.0 Å². The number of carbonyl (C=O) groups excluding carboxylic acids is 1. The number of benzene rings is 2. The first-order chi connectivity index (χ1) is 16.0. The van der Waals surface area contributed by atoms with Crippen molar-refractivity contribution in [2.24, 2.45) is 0 Å². The molecule has 0 spiro atoms. The monoisotopic (exact) mass is 479 g/mol. The Morgan fingerprint density at radius 2 is 1.88 bits per heavy atom. The molecule has 170 valence electrons. The summed E-state index contributed by atoms with van der Waals surface area (Å²) < 4.78 is 5.77. The number of hydrogen-bond donors (Lipinski definition) is 2. The van der Waals surface area contributed by atoms with E-state index in [1.807, 2.05) is 49.4 Å². The van der Waals surface area contributed by atoms with E-state index in [4.69, 9.17) is 4.74 Å². The number of aryl methyl sites for hydroxylation is 1. The number of ether oxygens (including phenoxy) is 1. The number of hydrogen-bond acceptors (Lipinski definition) is 7. The number of nitrogens with zero attached hydrogens (tertiary/aromatic N) is 3. The third-order valence-electron chi connectivity index (χ3n) is 4.86. The van der Waals surface area contributed by atoms with Gasteiger partial charge in [-0.25, -0.2) is 9.97 Å². The van der Waals surface area contributed by atoms with Crippen molar-refractivity contribution in [1.29, 1.82) is 0 Å². The smallest absolute Gasteiger partial charge is 0.236 e. The minimum Gasteiger partial charge on any atom is -0.486 e. The molecule has 0 radical (unpaired) electrons. The Labute approximate surface area is 201 Å². The zero-order valence-corrected chi connectivity index (χ0v) is 20.3. The molecule has 4 rings (SSSR count). The summed E-state index contributed by atoms with van der Waals surface area (Å²) in [5.41, 5.74) is 3.19. The van der Waals surface area contributed by atoms with Gasteiger partial charge in [-0.2, -0.15) is 0 Å². The minimum atomic E-state index is -0.152. The first-order valence-corrected chi connectivity index (χ1v) is 12.4. The van der Waals surface area contributed by atoms with E-state index < -0.39 is 0 Å². The molecule has 2 aromatic carbocycles. The molecule has 2 heterocycles. The van der Waals surface area contributed by atoms with Crippen LogP contribution >= 0.6 is 23.1 Å². The van der Waals surface area contributed by atoms with Gasteiger partial charge in [0.2, 0.25) is 11.1 Å². The van der Waals surface area contributed by atoms with Crippen LogP contribution in [0.15, 0.2) is 59.8 Å². The molecular weight excluding hydrogens is 454 g/mol. The number of rotatable bonds is 9. The SMILES string of the molecule is Cc1sc(NC(=O)CSc2n[nH]c(COc3ccc(C(C)C)cc3)n2)nc1-c1ccccc1. The lowest BCUT2D eigenvalue weighted by molar-refractivity contribution is -0.113. The topological polar surface area (TPSA) is 92.8 Å². The van der Waals surface area contributed by atoms with Gasteiger partial charge in [0.15, 0.2) is 11.0 Å². The maximum Gasteiger partial charge on any atom is 0.236 e. The minimum absolute atomic E-state index is 0.152. The fourth-order valence-electron chi connectivity index (χ4n) is 3.11. The van der Waals surface area contributed by atoms with Gasteiger partial charge in [-0.05, 0) is 30.5 Å². The van der Waals surface area contributed by atoms with Gasteiger partial charge < -0.3 is 10.1 Å². The fraction of sp³-hybridized carbons (Fsp3) is 0.250. The molecule has 0 saturated carbocycles. The molecule has 4 aromatic rings. The van der Waals surface area contributed by atoms with Crippen LogP contribution in [-0.4, -0.2) is 31.8 Å². The van der Waals surface area contributed by atoms with Crippen LogP contribution in [0.3, 0.4) is 0 Å². The molecule has 2 N–H and O–H groups in total. The number of amides is 1. The highest BCUT2D eigenvalue weighted by atomic mass is 32.2. The van der Waals surface area contributed by atoms with Crippen molar-refractivity contribution >= 4 is 34.1 Å². The third kappa shape index (κ3) is 6.21. The zero-order chi connectivity index (χ0) is 23.2. The highest BCUT2D eigenvalue weighted by Gasteiger charge is 2.13. The largest absolute Gasteiger partial charge is 0.486 e. The van der Waals surface area contributed by atoms with Gasteiger partial charge in [0.25, 0.3) is 0 Å². The Kier molecular flexibility index (Phi) is 7.41. The van der Waals surface area contributed by atoms with Gasteiger partial charge >= 0.3 is 0 Å². The Hall–Kier alpha value is -3.17. The van der Waals surface area contributed by atoms with Crippen LogP contribution in [0.1, 0.15) is 36.0 Å². The molecule has 0 aliphatic heterocycles. The average Bonchev–Trinajstić information content (AvgIpc) is 3.43. The second-order valence-corrected chi connectivity index (χ2v) is 9.85. The predicted octanol–water partition coefficient (Wildman–Crippen LogP) is 5.67. The van der Waals surface area contributed by atoms with Gasteiger partial charge in [-0.15, -0.1) is 16.4 Å². The van der Waals surface area contributed by atoms with Crippen molar-refractivity contribution < 1.29 is 9.53 Å². The van der Waals surface area contributed by atoms with Crippen LogP contribution in [0.4, 0.5) is 5.13 Å². The van der Waals surface area contributed by atoms with Gasteiger partial charge in [-0.3, -0.25) is 9.89 Å². The molecule has 0 bridgehead atoms. The number of H-pyrrole nitrogens is 1. The van der Waals surface area contributed by atoms with Crippen LogP contribution in [-0.2, 0) is 11.4 Å². The lowest BCUT2D eigenvalue weighted by Gasteiger charge is -2.07. The van der Waals surface area contributed by atoms with Gasteiger partial charge in [-0.1, -0.05) is 68.1 Å². The molecule has 1 amide bonds. The van der Waals surface area contributed by atoms with E-state index in [-0.39, 0.29) is 18.3 Å². The maximum atomic E-state index is 12.4. The molecule has 0 saturated heterocycles. The van der Waals surface area contributed by atoms with Crippen LogP contribution in [0.5, 0.6) is 5.75 Å². The first-order valence-electron chi connectivity index (χ1n) is 10.6. The van der Waals surface area contributed by atoms with Crippen LogP contribution in [0, 0.1) is 6.92 Å². The summed E-state index contributed by atoms with van der Waals surface area (Å²) in [5.74, 6) is 1.90. The summed E-state index contributed by atoms with van der Waals surface area (Å²) in [6.45, 7) is 6.59. The van der Waals surface area contributed by atoms with Crippen molar-refractivity contribution in [3.63, 3.8) is 0 Å². The normalized spacial score (nSPS) is 11.0. The summed E-state index contributed by atoms with van der Waals surface area (Å²) >= 11 is 2.72. The predicted molar refractivity (Wildman–Crippen MR) is 133 cm³/mol. The quantitative estimate of drug-likeness (QED) is 0.301. The number of anilines is 1. The van der Waals surface area contributed by atoms with E-state index >= 15 is 0 Å². The zero-order valence-electron chi connectivity index (χ0n) is 18.7. The first kappa shape index (κ1) is 23.0. The molecule has 0 atom stereocenters. The lowest BCUT2D eigenvalue weighted by atomic mass is 10.0. The average molecular weight is 480 g/mol. The number of aromatic nitrogens is 4.